The van der Waals surface area contributed by atoms with Crippen molar-refractivity contribution in [3.8, 4) is 0 Å². The molecule has 1 N–H and O–H groups in total. The van der Waals surface area contributed by atoms with Gasteiger partial charge in [-0.05, 0) is 36.8 Å². The second-order valence-corrected chi connectivity index (χ2v) is 6.33. The second kappa shape index (κ2) is 8.09. The Hall–Kier alpha value is -2.45. The Labute approximate surface area is 156 Å². The molecule has 9 heteroatoms. The van der Waals surface area contributed by atoms with Gasteiger partial charge in [-0.15, -0.1) is 0 Å². The number of esters is 1. The highest BCUT2D eigenvalue weighted by Gasteiger charge is 2.18. The highest BCUT2D eigenvalue weighted by atomic mass is 79.9. The van der Waals surface area contributed by atoms with Crippen molar-refractivity contribution < 1.29 is 19.2 Å². The topological polar surface area (TPSA) is 98.5 Å². The van der Waals surface area contributed by atoms with Gasteiger partial charge >= 0.3 is 5.97 Å². The summed E-state index contributed by atoms with van der Waals surface area (Å²) in [6.45, 7) is 1.27. The summed E-state index contributed by atoms with van der Waals surface area (Å²) in [7, 11) is 0. The molecule has 0 heterocycles. The van der Waals surface area contributed by atoms with Crippen molar-refractivity contribution in [1.29, 1.82) is 0 Å². The van der Waals surface area contributed by atoms with Gasteiger partial charge in [0.05, 0.1) is 15.5 Å². The van der Waals surface area contributed by atoms with Gasteiger partial charge in [-0.3, -0.25) is 14.9 Å². The molecule has 0 aliphatic carbocycles. The number of nitro benzene ring substituents is 1. The number of amides is 1. The zero-order chi connectivity index (χ0) is 18.6. The Balaban J connectivity index is 2.01. The number of carbonyl (C=O) groups is 2. The molecule has 0 fully saturated rings. The minimum Gasteiger partial charge on any atom is -0.452 e. The molecule has 0 saturated heterocycles. The first-order chi connectivity index (χ1) is 11.8. The summed E-state index contributed by atoms with van der Waals surface area (Å²) >= 11 is 9.17. The van der Waals surface area contributed by atoms with Crippen LogP contribution in [0, 0.1) is 17.0 Å². The maximum atomic E-state index is 12.0. The third kappa shape index (κ3) is 5.01. The van der Waals surface area contributed by atoms with Crippen LogP contribution < -0.4 is 5.32 Å². The van der Waals surface area contributed by atoms with Crippen LogP contribution in [0.25, 0.3) is 0 Å². The Morgan fingerprint density at radius 3 is 2.64 bits per heavy atom. The standard InChI is InChI=1S/C16H12BrClN2O5/c1-9-6-10(17)2-5-14(9)19-15(21)8-25-16(22)12-7-11(20(23)24)3-4-13(12)18/h2-7H,8H2,1H3,(H,19,21). The summed E-state index contributed by atoms with van der Waals surface area (Å²) < 4.78 is 5.74. The zero-order valence-corrected chi connectivity index (χ0v) is 15.3. The van der Waals surface area contributed by atoms with Gasteiger partial charge in [0, 0.05) is 22.3 Å². The number of hydrogen-bond donors (Lipinski definition) is 1. The number of halogens is 2. The first-order valence-electron chi connectivity index (χ1n) is 6.95. The third-order valence-corrected chi connectivity index (χ3v) is 4.00. The lowest BCUT2D eigenvalue weighted by Crippen LogP contribution is -2.21. The van der Waals surface area contributed by atoms with E-state index in [4.69, 9.17) is 16.3 Å². The Bertz CT molecular complexity index is 856. The lowest BCUT2D eigenvalue weighted by Gasteiger charge is -2.09. The molecule has 2 rings (SSSR count). The van der Waals surface area contributed by atoms with Gasteiger partial charge in [-0.1, -0.05) is 27.5 Å². The molecule has 0 aliphatic rings. The smallest absolute Gasteiger partial charge is 0.340 e. The lowest BCUT2D eigenvalue weighted by molar-refractivity contribution is -0.384. The van der Waals surface area contributed by atoms with Crippen molar-refractivity contribution in [3.05, 3.63) is 67.1 Å². The maximum Gasteiger partial charge on any atom is 0.340 e. The molecule has 7 nitrogen and oxygen atoms in total. The number of non-ortho nitro benzene ring substituents is 1. The number of rotatable bonds is 5. The van der Waals surface area contributed by atoms with E-state index in [1.54, 1.807) is 12.1 Å². The van der Waals surface area contributed by atoms with Crippen LogP contribution in [0.2, 0.25) is 5.02 Å². The molecule has 0 unspecified atom stereocenters. The van der Waals surface area contributed by atoms with Gasteiger partial charge < -0.3 is 10.1 Å². The number of ether oxygens (including phenoxy) is 1. The van der Waals surface area contributed by atoms with Crippen molar-refractivity contribution in [3.63, 3.8) is 0 Å². The molecule has 130 valence electrons. The predicted molar refractivity (Wildman–Crippen MR) is 95.9 cm³/mol. The Morgan fingerprint density at radius 2 is 2.00 bits per heavy atom. The molecule has 0 aromatic heterocycles. The van der Waals surface area contributed by atoms with E-state index in [-0.39, 0.29) is 16.3 Å². The molecule has 0 bridgehead atoms. The van der Waals surface area contributed by atoms with Gasteiger partial charge in [0.2, 0.25) is 0 Å². The first-order valence-corrected chi connectivity index (χ1v) is 8.12. The number of aryl methyl sites for hydroxylation is 1. The molecule has 1 amide bonds. The van der Waals surface area contributed by atoms with E-state index >= 15 is 0 Å². The Kier molecular flexibility index (Phi) is 6.11. The van der Waals surface area contributed by atoms with Crippen LogP contribution in [0.5, 0.6) is 0 Å². The van der Waals surface area contributed by atoms with Gasteiger partial charge in [-0.2, -0.15) is 0 Å². The van der Waals surface area contributed by atoms with E-state index < -0.39 is 23.4 Å². The van der Waals surface area contributed by atoms with Gasteiger partial charge in [-0.25, -0.2) is 4.79 Å². The minimum absolute atomic E-state index is 0.000220. The van der Waals surface area contributed by atoms with Crippen LogP contribution in [0.4, 0.5) is 11.4 Å². The summed E-state index contributed by atoms with van der Waals surface area (Å²) in [5.41, 5.74) is 0.934. The largest absolute Gasteiger partial charge is 0.452 e. The van der Waals surface area contributed by atoms with Crippen LogP contribution in [-0.2, 0) is 9.53 Å². The molecule has 25 heavy (non-hydrogen) atoms. The van der Waals surface area contributed by atoms with Crippen molar-refractivity contribution >= 4 is 50.8 Å². The molecular weight excluding hydrogens is 416 g/mol. The molecule has 0 atom stereocenters. The van der Waals surface area contributed by atoms with Crippen LogP contribution in [0.15, 0.2) is 40.9 Å². The van der Waals surface area contributed by atoms with Crippen molar-refractivity contribution in [1.82, 2.24) is 0 Å². The fourth-order valence-corrected chi connectivity index (χ4v) is 2.62. The second-order valence-electron chi connectivity index (χ2n) is 5.00. The predicted octanol–water partition coefficient (Wildman–Crippen LogP) is 4.11. The molecule has 0 saturated carbocycles. The molecule has 0 spiro atoms. The normalized spacial score (nSPS) is 10.2. The summed E-state index contributed by atoms with van der Waals surface area (Å²) in [5, 5.41) is 13.4. The fourth-order valence-electron chi connectivity index (χ4n) is 1.95. The molecule has 2 aromatic carbocycles. The fraction of sp³-hybridized carbons (Fsp3) is 0.125. The van der Waals surface area contributed by atoms with Crippen LogP contribution in [0.1, 0.15) is 15.9 Å². The summed E-state index contributed by atoms with van der Waals surface area (Å²) in [6.07, 6.45) is 0. The van der Waals surface area contributed by atoms with Gasteiger partial charge in [0.25, 0.3) is 11.6 Å². The van der Waals surface area contributed by atoms with Crippen LogP contribution >= 0.6 is 27.5 Å². The quantitative estimate of drug-likeness (QED) is 0.440. The number of hydrogen-bond acceptors (Lipinski definition) is 5. The monoisotopic (exact) mass is 426 g/mol. The summed E-state index contributed by atoms with van der Waals surface area (Å²) in [6, 6.07) is 8.68. The Morgan fingerprint density at radius 1 is 1.28 bits per heavy atom. The molecule has 2 aromatic rings. The highest BCUT2D eigenvalue weighted by Crippen LogP contribution is 2.23. The summed E-state index contributed by atoms with van der Waals surface area (Å²) in [5.74, 6) is -1.46. The van der Waals surface area contributed by atoms with Gasteiger partial charge in [0.15, 0.2) is 6.61 Å². The van der Waals surface area contributed by atoms with Crippen molar-refractivity contribution in [2.75, 3.05) is 11.9 Å². The number of benzene rings is 2. The number of nitro groups is 1. The van der Waals surface area contributed by atoms with E-state index in [0.717, 1.165) is 16.1 Å². The SMILES string of the molecule is Cc1cc(Br)ccc1NC(=O)COC(=O)c1cc([N+](=O)[O-])ccc1Cl. The minimum atomic E-state index is -0.920. The number of nitrogens with one attached hydrogen (secondary N) is 1. The van der Waals surface area contributed by atoms with E-state index in [9.17, 15) is 19.7 Å². The number of nitrogens with zero attached hydrogens (tertiary/aromatic N) is 1. The zero-order valence-electron chi connectivity index (χ0n) is 12.9. The highest BCUT2D eigenvalue weighted by molar-refractivity contribution is 9.10. The average molecular weight is 428 g/mol. The molecule has 0 radical (unpaired) electrons. The van der Waals surface area contributed by atoms with Crippen molar-refractivity contribution in [2.24, 2.45) is 0 Å². The third-order valence-electron chi connectivity index (χ3n) is 3.18. The van der Waals surface area contributed by atoms with Crippen LogP contribution in [0.3, 0.4) is 0 Å². The molecular formula is C16H12BrClN2O5. The first kappa shape index (κ1) is 18.9. The van der Waals surface area contributed by atoms with Crippen molar-refractivity contribution in [2.45, 2.75) is 6.92 Å². The lowest BCUT2D eigenvalue weighted by atomic mass is 10.2. The van der Waals surface area contributed by atoms with E-state index in [1.807, 2.05) is 13.0 Å². The number of carbonyl (C=O) groups excluding carboxylic acids is 2. The van der Waals surface area contributed by atoms with E-state index in [2.05, 4.69) is 21.2 Å². The summed E-state index contributed by atoms with van der Waals surface area (Å²) in [4.78, 5) is 34.0. The maximum absolute atomic E-state index is 12.0. The van der Waals surface area contributed by atoms with Gasteiger partial charge in [0.1, 0.15) is 0 Å². The van der Waals surface area contributed by atoms with E-state index in [0.29, 0.717) is 5.69 Å². The van der Waals surface area contributed by atoms with Crippen LogP contribution in [-0.4, -0.2) is 23.4 Å². The average Bonchev–Trinajstić information content (AvgIpc) is 2.55. The number of anilines is 1. The van der Waals surface area contributed by atoms with E-state index in [1.165, 1.54) is 12.1 Å². The molecule has 0 aliphatic heterocycles.